The van der Waals surface area contributed by atoms with Crippen LogP contribution in [0, 0.1) is 0 Å². The lowest BCUT2D eigenvalue weighted by Gasteiger charge is -2.32. The van der Waals surface area contributed by atoms with Crippen LogP contribution in [0.4, 0.5) is 0 Å². The quantitative estimate of drug-likeness (QED) is 0.753. The van der Waals surface area contributed by atoms with Gasteiger partial charge >= 0.3 is 7.12 Å². The molecule has 28 heavy (non-hydrogen) atoms. The highest BCUT2D eigenvalue weighted by Gasteiger charge is 2.51. The lowest BCUT2D eigenvalue weighted by molar-refractivity contribution is 0.00578. The van der Waals surface area contributed by atoms with Crippen molar-refractivity contribution in [1.29, 1.82) is 0 Å². The Balaban J connectivity index is 1.81. The molecule has 1 aliphatic rings. The van der Waals surface area contributed by atoms with Crippen LogP contribution in [0.3, 0.4) is 0 Å². The molecular formula is C22H31BN2O3. The third kappa shape index (κ3) is 4.15. The highest BCUT2D eigenvalue weighted by atomic mass is 16.7. The average Bonchev–Trinajstić information content (AvgIpc) is 2.88. The molecule has 1 saturated heterocycles. The van der Waals surface area contributed by atoms with Gasteiger partial charge in [0, 0.05) is 29.9 Å². The molecule has 1 aromatic carbocycles. The minimum atomic E-state index is -0.418. The molecule has 150 valence electrons. The number of aromatic nitrogens is 1. The Morgan fingerprint density at radius 2 is 1.61 bits per heavy atom. The van der Waals surface area contributed by atoms with Crippen LogP contribution in [0.15, 0.2) is 42.7 Å². The first-order valence-electron chi connectivity index (χ1n) is 9.83. The molecule has 0 amide bonds. The standard InChI is InChI=1S/C22H31BN2O3/c1-20(2,25-11-12-26)18-9-7-16(8-10-18)17-13-19(15-24-14-17)23-27-21(3,4)22(5,6)28-23/h7-10,13-15,25-26H,11-12H2,1-6H3. The Morgan fingerprint density at radius 3 is 2.18 bits per heavy atom. The first-order chi connectivity index (χ1) is 13.1. The highest BCUT2D eigenvalue weighted by molar-refractivity contribution is 6.62. The number of aliphatic hydroxyl groups is 1. The van der Waals surface area contributed by atoms with Gasteiger partial charge in [-0.1, -0.05) is 30.3 Å². The maximum atomic E-state index is 9.06. The summed E-state index contributed by atoms with van der Waals surface area (Å²) >= 11 is 0. The summed E-state index contributed by atoms with van der Waals surface area (Å²) in [5.41, 5.74) is 3.26. The van der Waals surface area contributed by atoms with Crippen LogP contribution in [-0.4, -0.2) is 41.6 Å². The summed E-state index contributed by atoms with van der Waals surface area (Å²) in [6.07, 6.45) is 3.67. The highest BCUT2D eigenvalue weighted by Crippen LogP contribution is 2.36. The lowest BCUT2D eigenvalue weighted by atomic mass is 9.79. The van der Waals surface area contributed by atoms with E-state index in [9.17, 15) is 0 Å². The summed E-state index contributed by atoms with van der Waals surface area (Å²) < 4.78 is 12.3. The third-order valence-corrected chi connectivity index (χ3v) is 5.90. The van der Waals surface area contributed by atoms with E-state index in [0.29, 0.717) is 6.54 Å². The van der Waals surface area contributed by atoms with E-state index in [-0.39, 0.29) is 23.3 Å². The second kappa shape index (κ2) is 7.60. The van der Waals surface area contributed by atoms with Crippen LogP contribution in [0.2, 0.25) is 0 Å². The van der Waals surface area contributed by atoms with Crippen molar-refractivity contribution in [1.82, 2.24) is 10.3 Å². The van der Waals surface area contributed by atoms with Crippen molar-refractivity contribution < 1.29 is 14.4 Å². The fourth-order valence-corrected chi connectivity index (χ4v) is 3.27. The van der Waals surface area contributed by atoms with Crippen molar-refractivity contribution in [2.75, 3.05) is 13.2 Å². The first kappa shape index (κ1) is 21.0. The molecule has 2 N–H and O–H groups in total. The minimum Gasteiger partial charge on any atom is -0.399 e. The number of hydrogen-bond acceptors (Lipinski definition) is 5. The van der Waals surface area contributed by atoms with Crippen LogP contribution >= 0.6 is 0 Å². The summed E-state index contributed by atoms with van der Waals surface area (Å²) in [7, 11) is -0.418. The number of aliphatic hydroxyl groups excluding tert-OH is 1. The summed E-state index contributed by atoms with van der Waals surface area (Å²) in [5.74, 6) is 0. The predicted octanol–water partition coefficient (Wildman–Crippen LogP) is 2.86. The van der Waals surface area contributed by atoms with Gasteiger partial charge in [0.1, 0.15) is 0 Å². The Labute approximate surface area is 168 Å². The van der Waals surface area contributed by atoms with Crippen LogP contribution < -0.4 is 10.8 Å². The van der Waals surface area contributed by atoms with E-state index in [1.807, 2.05) is 12.4 Å². The van der Waals surface area contributed by atoms with Gasteiger partial charge in [-0.15, -0.1) is 0 Å². The molecular weight excluding hydrogens is 351 g/mol. The molecule has 0 aliphatic carbocycles. The molecule has 1 aliphatic heterocycles. The molecule has 2 heterocycles. The molecule has 0 saturated carbocycles. The molecule has 0 radical (unpaired) electrons. The van der Waals surface area contributed by atoms with Gasteiger partial charge in [0.05, 0.1) is 17.8 Å². The second-order valence-electron chi connectivity index (χ2n) is 8.95. The zero-order valence-electron chi connectivity index (χ0n) is 17.7. The van der Waals surface area contributed by atoms with Gasteiger partial charge in [0.2, 0.25) is 0 Å². The lowest BCUT2D eigenvalue weighted by Crippen LogP contribution is -2.41. The van der Waals surface area contributed by atoms with Crippen molar-refractivity contribution >= 4 is 12.6 Å². The van der Waals surface area contributed by atoms with E-state index in [1.54, 1.807) is 0 Å². The monoisotopic (exact) mass is 382 g/mol. The average molecular weight is 382 g/mol. The third-order valence-electron chi connectivity index (χ3n) is 5.90. The zero-order valence-corrected chi connectivity index (χ0v) is 17.7. The largest absolute Gasteiger partial charge is 0.496 e. The number of rotatable bonds is 6. The molecule has 2 aromatic rings. The van der Waals surface area contributed by atoms with E-state index in [0.717, 1.165) is 16.6 Å². The summed E-state index contributed by atoms with van der Waals surface area (Å²) in [6, 6.07) is 10.5. The summed E-state index contributed by atoms with van der Waals surface area (Å²) in [4.78, 5) is 4.41. The van der Waals surface area contributed by atoms with Crippen molar-refractivity contribution in [3.05, 3.63) is 48.3 Å². The van der Waals surface area contributed by atoms with Crippen molar-refractivity contribution in [3.63, 3.8) is 0 Å². The normalized spacial score (nSPS) is 18.5. The van der Waals surface area contributed by atoms with Crippen LogP contribution in [-0.2, 0) is 14.8 Å². The van der Waals surface area contributed by atoms with Crippen molar-refractivity contribution in [3.8, 4) is 11.1 Å². The van der Waals surface area contributed by atoms with Crippen LogP contribution in [0.25, 0.3) is 11.1 Å². The first-order valence-corrected chi connectivity index (χ1v) is 9.83. The number of nitrogens with zero attached hydrogens (tertiary/aromatic N) is 1. The van der Waals surface area contributed by atoms with Gasteiger partial charge in [0.15, 0.2) is 0 Å². The maximum Gasteiger partial charge on any atom is 0.496 e. The topological polar surface area (TPSA) is 63.6 Å². The fourth-order valence-electron chi connectivity index (χ4n) is 3.27. The van der Waals surface area contributed by atoms with Crippen LogP contribution in [0.1, 0.15) is 47.1 Å². The van der Waals surface area contributed by atoms with E-state index in [2.05, 4.69) is 82.2 Å². The van der Waals surface area contributed by atoms with Crippen molar-refractivity contribution in [2.24, 2.45) is 0 Å². The minimum absolute atomic E-state index is 0.124. The predicted molar refractivity (Wildman–Crippen MR) is 114 cm³/mol. The molecule has 0 unspecified atom stereocenters. The molecule has 0 spiro atoms. The molecule has 5 nitrogen and oxygen atoms in total. The van der Waals surface area contributed by atoms with Gasteiger partial charge in [-0.3, -0.25) is 4.98 Å². The number of benzene rings is 1. The second-order valence-corrected chi connectivity index (χ2v) is 8.95. The Hall–Kier alpha value is -1.73. The van der Waals surface area contributed by atoms with Crippen LogP contribution in [0.5, 0.6) is 0 Å². The fraction of sp³-hybridized carbons (Fsp3) is 0.500. The number of nitrogens with one attached hydrogen (secondary N) is 1. The molecule has 1 fully saturated rings. The van der Waals surface area contributed by atoms with E-state index in [4.69, 9.17) is 14.4 Å². The van der Waals surface area contributed by atoms with Gasteiger partial charge < -0.3 is 19.7 Å². The SMILES string of the molecule is CC(C)(NCCO)c1ccc(-c2cncc(B3OC(C)(C)C(C)(C)O3)c2)cc1. The van der Waals surface area contributed by atoms with E-state index in [1.165, 1.54) is 5.56 Å². The van der Waals surface area contributed by atoms with Gasteiger partial charge in [-0.2, -0.15) is 0 Å². The van der Waals surface area contributed by atoms with E-state index < -0.39 is 7.12 Å². The molecule has 3 rings (SSSR count). The van der Waals surface area contributed by atoms with Crippen molar-refractivity contribution in [2.45, 2.75) is 58.3 Å². The van der Waals surface area contributed by atoms with Gasteiger partial charge in [-0.25, -0.2) is 0 Å². The maximum absolute atomic E-state index is 9.06. The zero-order chi connectivity index (χ0) is 20.6. The van der Waals surface area contributed by atoms with E-state index >= 15 is 0 Å². The molecule has 6 heteroatoms. The molecule has 1 aromatic heterocycles. The summed E-state index contributed by atoms with van der Waals surface area (Å²) in [6.45, 7) is 13.1. The number of hydrogen-bond donors (Lipinski definition) is 2. The van der Waals surface area contributed by atoms with Gasteiger partial charge in [0.25, 0.3) is 0 Å². The van der Waals surface area contributed by atoms with Gasteiger partial charge in [-0.05, 0) is 58.2 Å². The Morgan fingerprint density at radius 1 is 1.00 bits per heavy atom. The molecule has 0 bridgehead atoms. The smallest absolute Gasteiger partial charge is 0.399 e. The number of pyridine rings is 1. The Kier molecular flexibility index (Phi) is 5.70. The summed E-state index contributed by atoms with van der Waals surface area (Å²) in [5, 5.41) is 12.4. The molecule has 0 atom stereocenters. The Bertz CT molecular complexity index is 803.